The smallest absolute Gasteiger partial charge is 0.289 e. The van der Waals surface area contributed by atoms with E-state index in [0.717, 1.165) is 5.56 Å². The molecule has 31 heavy (non-hydrogen) atoms. The Morgan fingerprint density at radius 3 is 2.42 bits per heavy atom. The predicted octanol–water partition coefficient (Wildman–Crippen LogP) is 3.27. The van der Waals surface area contributed by atoms with Crippen molar-refractivity contribution in [3.8, 4) is 34.3 Å². The Morgan fingerprint density at radius 2 is 1.77 bits per heavy atom. The number of amides is 1. The van der Waals surface area contributed by atoms with E-state index in [9.17, 15) is 4.79 Å². The molecule has 162 valence electrons. The Kier molecular flexibility index (Phi) is 7.10. The van der Waals surface area contributed by atoms with Gasteiger partial charge in [0.15, 0.2) is 11.5 Å². The van der Waals surface area contributed by atoms with E-state index >= 15 is 0 Å². The van der Waals surface area contributed by atoms with Gasteiger partial charge in [0.2, 0.25) is 5.75 Å². The third-order valence-corrected chi connectivity index (χ3v) is 4.35. The number of methoxy groups -OCH3 is 3. The highest BCUT2D eigenvalue weighted by Gasteiger charge is 2.14. The normalized spacial score (nSPS) is 10.7. The van der Waals surface area contributed by atoms with Gasteiger partial charge in [-0.2, -0.15) is 10.2 Å². The molecule has 0 radical (unpaired) electrons. The van der Waals surface area contributed by atoms with E-state index < -0.39 is 5.91 Å². The number of carbonyl (C=O) groups excluding carboxylic acids is 1. The largest absolute Gasteiger partial charge is 0.493 e. The minimum absolute atomic E-state index is 0.267. The molecule has 0 aliphatic heterocycles. The number of rotatable bonds is 9. The molecule has 1 heterocycles. The Bertz CT molecular complexity index is 1050. The van der Waals surface area contributed by atoms with Gasteiger partial charge in [-0.1, -0.05) is 12.1 Å². The lowest BCUT2D eigenvalue weighted by atomic mass is 10.1. The fourth-order valence-electron chi connectivity index (χ4n) is 2.94. The van der Waals surface area contributed by atoms with Gasteiger partial charge in [-0.25, -0.2) is 5.43 Å². The zero-order chi connectivity index (χ0) is 22.2. The summed E-state index contributed by atoms with van der Waals surface area (Å²) in [5.41, 5.74) is 4.79. The van der Waals surface area contributed by atoms with Gasteiger partial charge in [0, 0.05) is 11.1 Å². The van der Waals surface area contributed by atoms with E-state index in [1.54, 1.807) is 18.2 Å². The van der Waals surface area contributed by atoms with Crippen LogP contribution in [0.2, 0.25) is 0 Å². The zero-order valence-corrected chi connectivity index (χ0v) is 17.8. The first-order valence-corrected chi connectivity index (χ1v) is 9.52. The summed E-state index contributed by atoms with van der Waals surface area (Å²) in [4.78, 5) is 12.4. The number of H-pyrrole nitrogens is 1. The van der Waals surface area contributed by atoms with E-state index in [1.165, 1.54) is 27.5 Å². The fraction of sp³-hybridized carbons (Fsp3) is 0.227. The van der Waals surface area contributed by atoms with Crippen LogP contribution >= 0.6 is 0 Å². The quantitative estimate of drug-likeness (QED) is 0.403. The Balaban J connectivity index is 1.73. The number of hydrogen-bond donors (Lipinski definition) is 2. The molecule has 3 rings (SSSR count). The van der Waals surface area contributed by atoms with Crippen LogP contribution in [0.4, 0.5) is 0 Å². The molecule has 9 heteroatoms. The molecule has 1 amide bonds. The minimum atomic E-state index is -0.434. The molecule has 0 atom stereocenters. The molecule has 0 unspecified atom stereocenters. The molecule has 1 aromatic heterocycles. The van der Waals surface area contributed by atoms with Crippen LogP contribution in [0.15, 0.2) is 47.6 Å². The number of carbonyl (C=O) groups is 1. The van der Waals surface area contributed by atoms with Gasteiger partial charge in [-0.3, -0.25) is 9.89 Å². The number of hydrogen-bond acceptors (Lipinski definition) is 7. The lowest BCUT2D eigenvalue weighted by molar-refractivity contribution is 0.0950. The SMILES string of the molecule is CCOc1ccccc1-c1cc(C(=O)N/N=C/c2cc(OC)c(OC)c(OC)c2)[nH]n1. The monoisotopic (exact) mass is 424 g/mol. The van der Waals surface area contributed by atoms with Crippen molar-refractivity contribution in [1.29, 1.82) is 0 Å². The lowest BCUT2D eigenvalue weighted by Gasteiger charge is -2.12. The average Bonchev–Trinajstić information content (AvgIpc) is 3.29. The third kappa shape index (κ3) is 4.95. The maximum Gasteiger partial charge on any atom is 0.289 e. The lowest BCUT2D eigenvalue weighted by Crippen LogP contribution is -2.18. The van der Waals surface area contributed by atoms with Gasteiger partial charge in [-0.05, 0) is 37.3 Å². The summed E-state index contributed by atoms with van der Waals surface area (Å²) in [5.74, 6) is 1.71. The van der Waals surface area contributed by atoms with Crippen molar-refractivity contribution in [3.63, 3.8) is 0 Å². The van der Waals surface area contributed by atoms with Crippen LogP contribution in [0.5, 0.6) is 23.0 Å². The van der Waals surface area contributed by atoms with Crippen molar-refractivity contribution in [1.82, 2.24) is 15.6 Å². The molecule has 0 spiro atoms. The van der Waals surface area contributed by atoms with Crippen LogP contribution in [-0.4, -0.2) is 50.3 Å². The van der Waals surface area contributed by atoms with Crippen molar-refractivity contribution in [2.45, 2.75) is 6.92 Å². The minimum Gasteiger partial charge on any atom is -0.493 e. The second kappa shape index (κ2) is 10.1. The summed E-state index contributed by atoms with van der Waals surface area (Å²) >= 11 is 0. The third-order valence-electron chi connectivity index (χ3n) is 4.35. The summed E-state index contributed by atoms with van der Waals surface area (Å²) in [6.07, 6.45) is 1.48. The maximum absolute atomic E-state index is 12.4. The van der Waals surface area contributed by atoms with E-state index in [1.807, 2.05) is 31.2 Å². The van der Waals surface area contributed by atoms with Gasteiger partial charge >= 0.3 is 0 Å². The molecule has 0 fully saturated rings. The van der Waals surface area contributed by atoms with E-state index in [4.69, 9.17) is 18.9 Å². The number of nitrogens with zero attached hydrogens (tertiary/aromatic N) is 2. The molecule has 0 aliphatic rings. The number of nitrogens with one attached hydrogen (secondary N) is 2. The molecule has 0 bridgehead atoms. The Morgan fingerprint density at radius 1 is 1.06 bits per heavy atom. The molecule has 0 saturated heterocycles. The zero-order valence-electron chi connectivity index (χ0n) is 17.8. The molecule has 3 aromatic rings. The van der Waals surface area contributed by atoms with Gasteiger partial charge in [0.25, 0.3) is 5.91 Å². The van der Waals surface area contributed by atoms with Crippen LogP contribution in [0.1, 0.15) is 23.0 Å². The first-order chi connectivity index (χ1) is 15.1. The van der Waals surface area contributed by atoms with Crippen LogP contribution in [0.25, 0.3) is 11.3 Å². The van der Waals surface area contributed by atoms with Crippen LogP contribution in [0, 0.1) is 0 Å². The van der Waals surface area contributed by atoms with E-state index in [-0.39, 0.29) is 5.69 Å². The van der Waals surface area contributed by atoms with Crippen LogP contribution in [0.3, 0.4) is 0 Å². The average molecular weight is 424 g/mol. The number of benzene rings is 2. The highest BCUT2D eigenvalue weighted by Crippen LogP contribution is 2.37. The van der Waals surface area contributed by atoms with Gasteiger partial charge in [0.05, 0.1) is 39.8 Å². The Hall–Kier alpha value is -4.01. The maximum atomic E-state index is 12.4. The molecule has 0 aliphatic carbocycles. The first kappa shape index (κ1) is 21.7. The highest BCUT2D eigenvalue weighted by atomic mass is 16.5. The topological polar surface area (TPSA) is 107 Å². The van der Waals surface area contributed by atoms with Crippen LogP contribution in [-0.2, 0) is 0 Å². The summed E-state index contributed by atoms with van der Waals surface area (Å²) in [5, 5.41) is 10.9. The number of para-hydroxylation sites is 1. The van der Waals surface area contributed by atoms with Gasteiger partial charge in [0.1, 0.15) is 11.4 Å². The summed E-state index contributed by atoms with van der Waals surface area (Å²) in [6, 6.07) is 12.6. The first-order valence-electron chi connectivity index (χ1n) is 9.52. The van der Waals surface area contributed by atoms with Crippen molar-refractivity contribution in [2.75, 3.05) is 27.9 Å². The van der Waals surface area contributed by atoms with Crippen molar-refractivity contribution in [3.05, 3.63) is 53.7 Å². The summed E-state index contributed by atoms with van der Waals surface area (Å²) in [7, 11) is 4.58. The standard InChI is InChI=1S/C22H24N4O5/c1-5-31-18-9-7-6-8-15(18)16-12-17(25-24-16)22(27)26-23-13-14-10-19(28-2)21(30-4)20(11-14)29-3/h6-13H,5H2,1-4H3,(H,24,25)(H,26,27)/b23-13+. The number of aromatic amines is 1. The van der Waals surface area contributed by atoms with E-state index in [0.29, 0.717) is 40.9 Å². The second-order valence-electron chi connectivity index (χ2n) is 6.25. The number of hydrazone groups is 1. The van der Waals surface area contributed by atoms with Gasteiger partial charge < -0.3 is 18.9 Å². The summed E-state index contributed by atoms with van der Waals surface area (Å²) < 4.78 is 21.5. The van der Waals surface area contributed by atoms with Crippen molar-refractivity contribution < 1.29 is 23.7 Å². The second-order valence-corrected chi connectivity index (χ2v) is 6.25. The number of aromatic nitrogens is 2. The molecular weight excluding hydrogens is 400 g/mol. The Labute approximate surface area is 180 Å². The summed E-state index contributed by atoms with van der Waals surface area (Å²) in [6.45, 7) is 2.44. The number of ether oxygens (including phenoxy) is 4. The predicted molar refractivity (Wildman–Crippen MR) is 116 cm³/mol. The molecular formula is C22H24N4O5. The molecule has 2 N–H and O–H groups in total. The van der Waals surface area contributed by atoms with Crippen molar-refractivity contribution in [2.24, 2.45) is 5.10 Å². The van der Waals surface area contributed by atoms with Crippen molar-refractivity contribution >= 4 is 12.1 Å². The fourth-order valence-corrected chi connectivity index (χ4v) is 2.94. The van der Waals surface area contributed by atoms with E-state index in [2.05, 4.69) is 20.7 Å². The molecule has 9 nitrogen and oxygen atoms in total. The van der Waals surface area contributed by atoms with Gasteiger partial charge in [-0.15, -0.1) is 0 Å². The van der Waals surface area contributed by atoms with Crippen LogP contribution < -0.4 is 24.4 Å². The molecule has 2 aromatic carbocycles. The highest BCUT2D eigenvalue weighted by molar-refractivity contribution is 5.94. The molecule has 0 saturated carbocycles.